The monoisotopic (exact) mass is 426 g/mol. The van der Waals surface area contributed by atoms with Crippen molar-refractivity contribution >= 4 is 0 Å². The van der Waals surface area contributed by atoms with Crippen LogP contribution in [0.4, 0.5) is 0 Å². The Hall–Kier alpha value is -0.560. The van der Waals surface area contributed by atoms with E-state index in [9.17, 15) is 5.11 Å². The molecule has 7 atom stereocenters. The molecule has 0 saturated heterocycles. The standard InChI is InChI=1S/C30H50O/c1-20(2)10-9-11-21(3)22-14-18-30(8)24-12-13-25-27(4,5)26(31)16-17-28(25,6)23(24)15-19-29(22,30)7/h9,11,20-22,25-26,31H,10,12-19H2,1-8H3/b11-9+/t21-,22-,25-,26-,28+,29-,30+/m0/s1. The van der Waals surface area contributed by atoms with Crippen LogP contribution in [0.1, 0.15) is 113 Å². The van der Waals surface area contributed by atoms with Gasteiger partial charge in [-0.05, 0) is 103 Å². The third-order valence-electron chi connectivity index (χ3n) is 11.5. The highest BCUT2D eigenvalue weighted by Gasteiger charge is 2.63. The van der Waals surface area contributed by atoms with E-state index >= 15 is 0 Å². The normalized spacial score (nSPS) is 45.5. The average Bonchev–Trinajstić information content (AvgIpc) is 2.96. The van der Waals surface area contributed by atoms with Gasteiger partial charge in [-0.1, -0.05) is 78.7 Å². The van der Waals surface area contributed by atoms with Crippen LogP contribution in [0.5, 0.6) is 0 Å². The average molecular weight is 427 g/mol. The molecule has 1 N–H and O–H groups in total. The van der Waals surface area contributed by atoms with Crippen LogP contribution in [0.3, 0.4) is 0 Å². The molecule has 2 saturated carbocycles. The molecule has 31 heavy (non-hydrogen) atoms. The summed E-state index contributed by atoms with van der Waals surface area (Å²) >= 11 is 0. The van der Waals surface area contributed by atoms with E-state index in [4.69, 9.17) is 0 Å². The minimum atomic E-state index is -0.133. The number of rotatable bonds is 4. The fourth-order valence-corrected chi connectivity index (χ4v) is 9.26. The van der Waals surface area contributed by atoms with Crippen molar-refractivity contribution in [3.05, 3.63) is 23.3 Å². The maximum absolute atomic E-state index is 10.8. The van der Waals surface area contributed by atoms with Crippen LogP contribution in [0.25, 0.3) is 0 Å². The zero-order valence-corrected chi connectivity index (χ0v) is 21.9. The lowest BCUT2D eigenvalue weighted by Crippen LogP contribution is -2.55. The molecule has 0 amide bonds. The molecule has 0 aromatic carbocycles. The molecular weight excluding hydrogens is 376 g/mol. The molecule has 0 heterocycles. The van der Waals surface area contributed by atoms with Crippen molar-refractivity contribution in [2.24, 2.45) is 45.3 Å². The molecule has 0 unspecified atom stereocenters. The van der Waals surface area contributed by atoms with Gasteiger partial charge in [0, 0.05) is 0 Å². The van der Waals surface area contributed by atoms with Gasteiger partial charge >= 0.3 is 0 Å². The van der Waals surface area contributed by atoms with Gasteiger partial charge in [-0.15, -0.1) is 0 Å². The Morgan fingerprint density at radius 1 is 0.903 bits per heavy atom. The molecule has 0 aromatic heterocycles. The molecule has 4 aliphatic carbocycles. The second-order valence-electron chi connectivity index (χ2n) is 13.7. The third-order valence-corrected chi connectivity index (χ3v) is 11.5. The molecule has 176 valence electrons. The minimum absolute atomic E-state index is 0.0428. The molecule has 0 spiro atoms. The zero-order valence-electron chi connectivity index (χ0n) is 21.9. The number of aliphatic hydroxyl groups excluding tert-OH is 1. The minimum Gasteiger partial charge on any atom is -0.393 e. The van der Waals surface area contributed by atoms with Gasteiger partial charge in [0.1, 0.15) is 0 Å². The Morgan fingerprint density at radius 3 is 2.29 bits per heavy atom. The molecule has 0 aliphatic heterocycles. The van der Waals surface area contributed by atoms with Crippen molar-refractivity contribution in [2.45, 2.75) is 119 Å². The summed E-state index contributed by atoms with van der Waals surface area (Å²) in [5.41, 5.74) is 4.86. The fraction of sp³-hybridized carbons (Fsp3) is 0.867. The van der Waals surface area contributed by atoms with Gasteiger partial charge in [0.25, 0.3) is 0 Å². The van der Waals surface area contributed by atoms with Gasteiger partial charge < -0.3 is 5.11 Å². The maximum Gasteiger partial charge on any atom is 0.0594 e. The molecule has 2 fully saturated rings. The number of allylic oxidation sites excluding steroid dienone is 4. The van der Waals surface area contributed by atoms with Crippen LogP contribution < -0.4 is 0 Å². The molecule has 1 heteroatoms. The smallest absolute Gasteiger partial charge is 0.0594 e. The Kier molecular flexibility index (Phi) is 5.90. The number of aliphatic hydroxyl groups is 1. The lowest BCUT2D eigenvalue weighted by molar-refractivity contribution is -0.0960. The Bertz CT molecular complexity index is 756. The summed E-state index contributed by atoms with van der Waals surface area (Å²) < 4.78 is 0. The van der Waals surface area contributed by atoms with Gasteiger partial charge in [-0.3, -0.25) is 0 Å². The molecule has 4 aliphatic rings. The van der Waals surface area contributed by atoms with E-state index in [0.29, 0.717) is 28.1 Å². The second-order valence-corrected chi connectivity index (χ2v) is 13.7. The van der Waals surface area contributed by atoms with Gasteiger partial charge in [0.15, 0.2) is 0 Å². The number of fused-ring (bicyclic) bond motifs is 4. The summed E-state index contributed by atoms with van der Waals surface area (Å²) in [5, 5.41) is 10.8. The van der Waals surface area contributed by atoms with E-state index in [1.165, 1.54) is 51.4 Å². The SMILES string of the molecule is CC(C)C/C=C/[C@H](C)[C@@H]1CC[C@]2(C)C3=C(CC[C@@]12C)[C@@]1(C)CC[C@H](O)C(C)(C)[C@@H]1CC3. The van der Waals surface area contributed by atoms with Crippen molar-refractivity contribution in [2.75, 3.05) is 0 Å². The van der Waals surface area contributed by atoms with E-state index in [2.05, 4.69) is 67.5 Å². The first-order chi connectivity index (χ1) is 14.4. The van der Waals surface area contributed by atoms with Crippen molar-refractivity contribution in [3.8, 4) is 0 Å². The highest BCUT2D eigenvalue weighted by atomic mass is 16.3. The van der Waals surface area contributed by atoms with Crippen LogP contribution >= 0.6 is 0 Å². The molecule has 0 bridgehead atoms. The van der Waals surface area contributed by atoms with Gasteiger partial charge in [-0.2, -0.15) is 0 Å². The van der Waals surface area contributed by atoms with Crippen molar-refractivity contribution in [1.82, 2.24) is 0 Å². The number of hydrogen-bond acceptors (Lipinski definition) is 1. The van der Waals surface area contributed by atoms with Gasteiger partial charge in [-0.25, -0.2) is 0 Å². The molecule has 4 rings (SSSR count). The molecule has 1 nitrogen and oxygen atoms in total. The largest absolute Gasteiger partial charge is 0.393 e. The van der Waals surface area contributed by atoms with Crippen LogP contribution in [-0.2, 0) is 0 Å². The first-order valence-corrected chi connectivity index (χ1v) is 13.5. The van der Waals surface area contributed by atoms with Crippen molar-refractivity contribution in [1.29, 1.82) is 0 Å². The van der Waals surface area contributed by atoms with Gasteiger partial charge in [0.05, 0.1) is 6.10 Å². The topological polar surface area (TPSA) is 20.2 Å². The Labute approximate surface area is 193 Å². The first-order valence-electron chi connectivity index (χ1n) is 13.5. The predicted octanol–water partition coefficient (Wildman–Crippen LogP) is 8.34. The second kappa shape index (κ2) is 7.75. The summed E-state index contributed by atoms with van der Waals surface area (Å²) in [4.78, 5) is 0. The lowest BCUT2D eigenvalue weighted by Gasteiger charge is -2.62. The summed E-state index contributed by atoms with van der Waals surface area (Å²) in [7, 11) is 0. The van der Waals surface area contributed by atoms with Gasteiger partial charge in [0.2, 0.25) is 0 Å². The summed E-state index contributed by atoms with van der Waals surface area (Å²) in [6.07, 6.45) is 16.2. The maximum atomic E-state index is 10.8. The fourth-order valence-electron chi connectivity index (χ4n) is 9.26. The van der Waals surface area contributed by atoms with Crippen LogP contribution in [0, 0.1) is 45.3 Å². The molecular formula is C30H50O. The van der Waals surface area contributed by atoms with Crippen molar-refractivity contribution in [3.63, 3.8) is 0 Å². The highest BCUT2D eigenvalue weighted by molar-refractivity contribution is 5.39. The first kappa shape index (κ1) is 23.6. The molecule has 0 aromatic rings. The Morgan fingerprint density at radius 2 is 1.61 bits per heavy atom. The van der Waals surface area contributed by atoms with Crippen molar-refractivity contribution < 1.29 is 5.11 Å². The van der Waals surface area contributed by atoms with E-state index in [1.54, 1.807) is 0 Å². The summed E-state index contributed by atoms with van der Waals surface area (Å²) in [6, 6.07) is 0. The van der Waals surface area contributed by atoms with E-state index < -0.39 is 0 Å². The summed E-state index contributed by atoms with van der Waals surface area (Å²) in [6.45, 7) is 19.7. The third kappa shape index (κ3) is 3.34. The molecule has 0 radical (unpaired) electrons. The van der Waals surface area contributed by atoms with Crippen LogP contribution in [0.2, 0.25) is 0 Å². The zero-order chi connectivity index (χ0) is 22.8. The lowest BCUT2D eigenvalue weighted by atomic mass is 9.43. The number of hydrogen-bond donors (Lipinski definition) is 1. The quantitative estimate of drug-likeness (QED) is 0.448. The van der Waals surface area contributed by atoms with Crippen LogP contribution in [0.15, 0.2) is 23.3 Å². The van der Waals surface area contributed by atoms with Crippen LogP contribution in [-0.4, -0.2) is 11.2 Å². The van der Waals surface area contributed by atoms with E-state index in [0.717, 1.165) is 18.3 Å². The summed E-state index contributed by atoms with van der Waals surface area (Å²) in [5.74, 6) is 2.88. The van der Waals surface area contributed by atoms with E-state index in [-0.39, 0.29) is 11.5 Å². The Balaban J connectivity index is 1.66. The van der Waals surface area contributed by atoms with E-state index in [1.807, 2.05) is 11.1 Å². The highest BCUT2D eigenvalue weighted by Crippen LogP contribution is 2.72. The predicted molar refractivity (Wildman–Crippen MR) is 133 cm³/mol.